The van der Waals surface area contributed by atoms with Crippen LogP contribution in [0.2, 0.25) is 5.02 Å². The first kappa shape index (κ1) is 19.5. The number of imide groups is 1. The number of hydrogen-bond donors (Lipinski definition) is 1. The fourth-order valence-corrected chi connectivity index (χ4v) is 3.80. The van der Waals surface area contributed by atoms with E-state index >= 15 is 0 Å². The van der Waals surface area contributed by atoms with Gasteiger partial charge < -0.3 is 5.32 Å². The highest BCUT2D eigenvalue weighted by Crippen LogP contribution is 2.32. The van der Waals surface area contributed by atoms with E-state index in [0.717, 1.165) is 14.9 Å². The molecule has 0 radical (unpaired) electrons. The second-order valence-electron chi connectivity index (χ2n) is 6.71. The maximum Gasteiger partial charge on any atom is 0.263 e. The van der Waals surface area contributed by atoms with Gasteiger partial charge in [-0.1, -0.05) is 38.8 Å². The van der Waals surface area contributed by atoms with Crippen LogP contribution in [0.4, 0.5) is 11.4 Å². The molecule has 0 bridgehead atoms. The molecule has 148 valence electrons. The van der Waals surface area contributed by atoms with Gasteiger partial charge in [0, 0.05) is 4.47 Å². The van der Waals surface area contributed by atoms with Gasteiger partial charge in [-0.3, -0.25) is 19.4 Å². The van der Waals surface area contributed by atoms with Crippen LogP contribution in [-0.2, 0) is 14.4 Å². The molecule has 8 nitrogen and oxygen atoms in total. The molecule has 0 aromatic heterocycles. The Morgan fingerprint density at radius 1 is 1.17 bits per heavy atom. The first-order chi connectivity index (χ1) is 13.8. The van der Waals surface area contributed by atoms with Crippen molar-refractivity contribution in [2.24, 2.45) is 10.3 Å². The number of anilines is 2. The van der Waals surface area contributed by atoms with Crippen molar-refractivity contribution in [3.05, 3.63) is 57.5 Å². The Morgan fingerprint density at radius 3 is 2.59 bits per heavy atom. The summed E-state index contributed by atoms with van der Waals surface area (Å²) in [6.07, 6.45) is 0. The lowest BCUT2D eigenvalue weighted by Crippen LogP contribution is -2.43. The molecule has 0 unspecified atom stereocenters. The zero-order chi connectivity index (χ0) is 20.7. The highest BCUT2D eigenvalue weighted by atomic mass is 79.9. The van der Waals surface area contributed by atoms with Crippen LogP contribution in [-0.4, -0.2) is 41.4 Å². The minimum atomic E-state index is -0.957. The van der Waals surface area contributed by atoms with Crippen LogP contribution in [0.3, 0.4) is 0 Å². The van der Waals surface area contributed by atoms with E-state index in [-0.39, 0.29) is 6.54 Å². The predicted octanol–water partition coefficient (Wildman–Crippen LogP) is 3.34. The highest BCUT2D eigenvalue weighted by Gasteiger charge is 2.55. The van der Waals surface area contributed by atoms with Crippen LogP contribution in [0.15, 0.2) is 57.3 Å². The number of amides is 3. The predicted molar refractivity (Wildman–Crippen MR) is 111 cm³/mol. The van der Waals surface area contributed by atoms with Crippen LogP contribution in [0.5, 0.6) is 0 Å². The largest absolute Gasteiger partial charge is 0.323 e. The molecule has 4 rings (SSSR count). The number of benzene rings is 2. The maximum absolute atomic E-state index is 12.9. The zero-order valence-electron chi connectivity index (χ0n) is 15.2. The molecule has 2 aliphatic heterocycles. The minimum Gasteiger partial charge on any atom is -0.323 e. The van der Waals surface area contributed by atoms with E-state index in [2.05, 4.69) is 31.6 Å². The van der Waals surface area contributed by atoms with Gasteiger partial charge in [-0.25, -0.2) is 4.90 Å². The van der Waals surface area contributed by atoms with Crippen molar-refractivity contribution >= 4 is 56.6 Å². The molecule has 3 amide bonds. The quantitative estimate of drug-likeness (QED) is 0.685. The number of nitrogens with zero attached hydrogens (tertiary/aromatic N) is 4. The maximum atomic E-state index is 12.9. The van der Waals surface area contributed by atoms with Gasteiger partial charge in [0.25, 0.3) is 11.8 Å². The molecule has 29 heavy (non-hydrogen) atoms. The molecule has 0 saturated carbocycles. The van der Waals surface area contributed by atoms with Crippen molar-refractivity contribution in [3.8, 4) is 0 Å². The summed E-state index contributed by atoms with van der Waals surface area (Å²) in [5.74, 6) is -1.35. The molecule has 1 saturated heterocycles. The fourth-order valence-electron chi connectivity index (χ4n) is 3.26. The number of carbonyl (C=O) groups excluding carboxylic acids is 3. The summed E-state index contributed by atoms with van der Waals surface area (Å²) >= 11 is 9.46. The molecule has 2 atom stereocenters. The summed E-state index contributed by atoms with van der Waals surface area (Å²) in [6, 6.07) is 10.2. The van der Waals surface area contributed by atoms with Crippen molar-refractivity contribution in [2.75, 3.05) is 16.8 Å². The first-order valence-electron chi connectivity index (χ1n) is 8.72. The average Bonchev–Trinajstić information content (AvgIpc) is 3.19. The van der Waals surface area contributed by atoms with Gasteiger partial charge in [-0.15, -0.1) is 0 Å². The smallest absolute Gasteiger partial charge is 0.263 e. The molecule has 1 N–H and O–H groups in total. The van der Waals surface area contributed by atoms with Crippen molar-refractivity contribution in [1.29, 1.82) is 0 Å². The van der Waals surface area contributed by atoms with E-state index in [1.807, 2.05) is 13.0 Å². The van der Waals surface area contributed by atoms with E-state index in [1.54, 1.807) is 36.4 Å². The lowest BCUT2D eigenvalue weighted by molar-refractivity contribution is -0.123. The number of nitrogens with one attached hydrogen (secondary N) is 1. The first-order valence-corrected chi connectivity index (χ1v) is 9.89. The number of aryl methyl sites for hydroxylation is 1. The monoisotopic (exact) mass is 475 g/mol. The second kappa shape index (κ2) is 7.57. The number of hydrogen-bond acceptors (Lipinski definition) is 6. The van der Waals surface area contributed by atoms with E-state index in [1.165, 1.54) is 5.01 Å². The van der Waals surface area contributed by atoms with Gasteiger partial charge in [0.1, 0.15) is 6.54 Å². The Balaban J connectivity index is 1.49. The van der Waals surface area contributed by atoms with Gasteiger partial charge in [-0.2, -0.15) is 5.11 Å². The number of halogens is 2. The molecular formula is C19H15BrClN5O3. The van der Waals surface area contributed by atoms with Gasteiger partial charge in [0.15, 0.2) is 12.1 Å². The molecular weight excluding hydrogens is 462 g/mol. The molecule has 0 spiro atoms. The molecule has 2 aliphatic rings. The molecule has 2 heterocycles. The highest BCUT2D eigenvalue weighted by molar-refractivity contribution is 9.10. The zero-order valence-corrected chi connectivity index (χ0v) is 17.5. The summed E-state index contributed by atoms with van der Waals surface area (Å²) in [5, 5.41) is 12.1. The van der Waals surface area contributed by atoms with Crippen LogP contribution >= 0.6 is 27.5 Å². The lowest BCUT2D eigenvalue weighted by atomic mass is 10.1. The Labute approximate surface area is 179 Å². The van der Waals surface area contributed by atoms with Crippen molar-refractivity contribution in [3.63, 3.8) is 0 Å². The van der Waals surface area contributed by atoms with E-state index < -0.39 is 29.8 Å². The van der Waals surface area contributed by atoms with Gasteiger partial charge in [-0.05, 0) is 48.9 Å². The fraction of sp³-hybridized carbons (Fsp3) is 0.211. The van der Waals surface area contributed by atoms with E-state index in [4.69, 9.17) is 11.6 Å². The number of rotatable bonds is 4. The van der Waals surface area contributed by atoms with Gasteiger partial charge >= 0.3 is 0 Å². The van der Waals surface area contributed by atoms with Crippen molar-refractivity contribution in [1.82, 2.24) is 5.01 Å². The summed E-state index contributed by atoms with van der Waals surface area (Å²) in [6.45, 7) is 1.66. The van der Waals surface area contributed by atoms with E-state index in [0.29, 0.717) is 16.4 Å². The standard InChI is InChI=1S/C19H15BrClN5O3/c1-10-2-7-14(13(21)8-10)22-15(27)9-25-17-16(23-24-25)18(28)26(19(17)29)12-5-3-11(20)4-6-12/h2-8,16-17H,9H2,1H3,(H,22,27)/t16-,17+/m0/s1. The number of fused-ring (bicyclic) bond motifs is 1. The van der Waals surface area contributed by atoms with Crippen LogP contribution in [0.25, 0.3) is 0 Å². The third-order valence-corrected chi connectivity index (χ3v) is 5.49. The Morgan fingerprint density at radius 2 is 1.90 bits per heavy atom. The van der Waals surface area contributed by atoms with Gasteiger partial charge in [0.2, 0.25) is 5.91 Å². The molecule has 0 aliphatic carbocycles. The SMILES string of the molecule is Cc1ccc(NC(=O)CN2N=N[C@@H]3C(=O)N(c4ccc(Br)cc4)C(=O)[C@@H]32)c(Cl)c1. The summed E-state index contributed by atoms with van der Waals surface area (Å²) in [5.41, 5.74) is 1.87. The summed E-state index contributed by atoms with van der Waals surface area (Å²) in [7, 11) is 0. The number of carbonyl (C=O) groups is 3. The Bertz CT molecular complexity index is 1040. The Hall–Kier alpha value is -2.78. The van der Waals surface area contributed by atoms with Crippen molar-refractivity contribution in [2.45, 2.75) is 19.0 Å². The minimum absolute atomic E-state index is 0.234. The lowest BCUT2D eigenvalue weighted by Gasteiger charge is -2.20. The average molecular weight is 477 g/mol. The third-order valence-electron chi connectivity index (χ3n) is 4.65. The second-order valence-corrected chi connectivity index (χ2v) is 8.03. The summed E-state index contributed by atoms with van der Waals surface area (Å²) < 4.78 is 0.827. The van der Waals surface area contributed by atoms with Gasteiger partial charge in [0.05, 0.1) is 16.4 Å². The van der Waals surface area contributed by atoms with E-state index in [9.17, 15) is 14.4 Å². The molecule has 2 aromatic carbocycles. The van der Waals surface area contributed by atoms with Crippen LogP contribution < -0.4 is 10.2 Å². The normalized spacial score (nSPS) is 20.4. The Kier molecular flexibility index (Phi) is 5.10. The topological polar surface area (TPSA) is 94.4 Å². The third kappa shape index (κ3) is 3.63. The van der Waals surface area contributed by atoms with Crippen LogP contribution in [0.1, 0.15) is 5.56 Å². The van der Waals surface area contributed by atoms with Crippen LogP contribution in [0, 0.1) is 6.92 Å². The molecule has 10 heteroatoms. The summed E-state index contributed by atoms with van der Waals surface area (Å²) in [4.78, 5) is 39.1. The van der Waals surface area contributed by atoms with Crippen molar-refractivity contribution < 1.29 is 14.4 Å². The molecule has 1 fully saturated rings. The molecule has 2 aromatic rings.